The maximum atomic E-state index is 11.5. The van der Waals surface area contributed by atoms with Crippen LogP contribution < -0.4 is 4.40 Å². The summed E-state index contributed by atoms with van der Waals surface area (Å²) >= 11 is -1.79. The summed E-state index contributed by atoms with van der Waals surface area (Å²) in [6.07, 6.45) is 3.25. The van der Waals surface area contributed by atoms with Gasteiger partial charge in [-0.2, -0.15) is 0 Å². The van der Waals surface area contributed by atoms with E-state index >= 15 is 0 Å². The van der Waals surface area contributed by atoms with E-state index < -0.39 is 18.7 Å². The number of carbonyl (C=O) groups is 1. The first-order valence-corrected chi connectivity index (χ1v) is 22.2. The molecule has 1 N–H and O–H groups in total. The minimum absolute atomic E-state index is 0. The molecular formula is C38H48GeIrNO2-. The minimum atomic E-state index is -1.79. The first-order valence-electron chi connectivity index (χ1n) is 14.9. The molecule has 5 heteroatoms. The molecule has 1 aromatic heterocycles. The van der Waals surface area contributed by atoms with Gasteiger partial charge in [0.05, 0.1) is 0 Å². The SMILES string of the molecule is CC(C)(C)C(=O)/C=C(\O)C(C)(C)C.CC(C)c1cc(-c2cc(-c3cc[c]([Ge]([CH3])([CH3])[CH3])cc3)ccn2)[c-]c2ccccc12.[Ir]. The van der Waals surface area contributed by atoms with Crippen LogP contribution in [0, 0.1) is 16.9 Å². The second-order valence-electron chi connectivity index (χ2n) is 14.5. The van der Waals surface area contributed by atoms with E-state index in [2.05, 4.69) is 109 Å². The van der Waals surface area contributed by atoms with Gasteiger partial charge in [0.1, 0.15) is 5.76 Å². The number of hydrogen-bond acceptors (Lipinski definition) is 3. The van der Waals surface area contributed by atoms with Crippen LogP contribution in [0.3, 0.4) is 0 Å². The zero-order valence-corrected chi connectivity index (χ0v) is 32.2. The van der Waals surface area contributed by atoms with Crippen molar-refractivity contribution in [2.45, 2.75) is 78.6 Å². The summed E-state index contributed by atoms with van der Waals surface area (Å²) in [5.41, 5.74) is 5.08. The Hall–Kier alpha value is -2.53. The molecule has 0 aliphatic carbocycles. The molecule has 3 nitrogen and oxygen atoms in total. The third-order valence-electron chi connectivity index (χ3n) is 7.32. The van der Waals surface area contributed by atoms with E-state index in [-0.39, 0.29) is 37.1 Å². The van der Waals surface area contributed by atoms with Crippen LogP contribution in [0.2, 0.25) is 17.3 Å². The Morgan fingerprint density at radius 2 is 1.47 bits per heavy atom. The molecule has 0 fully saturated rings. The molecule has 0 spiro atoms. The molecule has 4 rings (SSSR count). The molecular weight excluding hydrogens is 767 g/mol. The van der Waals surface area contributed by atoms with E-state index in [9.17, 15) is 9.90 Å². The van der Waals surface area contributed by atoms with Crippen molar-refractivity contribution in [3.8, 4) is 22.4 Å². The third-order valence-corrected chi connectivity index (χ3v) is 11.7. The Morgan fingerprint density at radius 1 is 0.860 bits per heavy atom. The molecule has 3 aromatic carbocycles. The van der Waals surface area contributed by atoms with Crippen LogP contribution in [0.4, 0.5) is 0 Å². The Bertz CT molecular complexity index is 1570. The number of ketones is 1. The number of hydrogen-bond donors (Lipinski definition) is 1. The number of nitrogens with zero attached hydrogens (tertiary/aromatic N) is 1. The van der Waals surface area contributed by atoms with Gasteiger partial charge in [0, 0.05) is 37.0 Å². The number of fused-ring (bicyclic) bond motifs is 1. The maximum Gasteiger partial charge on any atom is 0 e. The Labute approximate surface area is 276 Å². The average Bonchev–Trinajstić information content (AvgIpc) is 2.91. The van der Waals surface area contributed by atoms with Crippen LogP contribution >= 0.6 is 0 Å². The van der Waals surface area contributed by atoms with Crippen molar-refractivity contribution >= 4 is 34.2 Å². The fourth-order valence-corrected chi connectivity index (χ4v) is 6.80. The standard InChI is InChI=1S/C27H28GeN.C11H20O2.Ir/c1-19(2)26-17-23(16-22-8-6-7-9-25(22)26)27-18-21(14-15-29-27)20-10-12-24(13-11-20)28(3,4)5;1-10(2,3)8(12)7-9(13)11(4,5)6;/h6-15,17-19H,1-5H3;7,12H,1-6H3;/q-1;;/b;8-7-;. The van der Waals surface area contributed by atoms with Crippen LogP contribution in [0.25, 0.3) is 33.2 Å². The van der Waals surface area contributed by atoms with Gasteiger partial charge in [-0.15, -0.1) is 0 Å². The number of aromatic nitrogens is 1. The fourth-order valence-electron chi connectivity index (χ4n) is 4.35. The number of pyridine rings is 1. The zero-order chi connectivity index (χ0) is 31.5. The molecule has 0 aliphatic heterocycles. The Balaban J connectivity index is 0.000000394. The van der Waals surface area contributed by atoms with Crippen molar-refractivity contribution in [2.75, 3.05) is 0 Å². The van der Waals surface area contributed by atoms with Crippen LogP contribution in [-0.4, -0.2) is 29.1 Å². The number of aliphatic hydroxyl groups excluding tert-OH is 1. The van der Waals surface area contributed by atoms with E-state index in [1.807, 2.05) is 47.7 Å². The van der Waals surface area contributed by atoms with Gasteiger partial charge in [-0.25, -0.2) is 0 Å². The number of aliphatic hydroxyl groups is 1. The van der Waals surface area contributed by atoms with E-state index in [1.54, 1.807) is 0 Å². The van der Waals surface area contributed by atoms with Gasteiger partial charge in [0.15, 0.2) is 5.78 Å². The monoisotopic (exact) mass is 817 g/mol. The molecule has 4 aromatic rings. The molecule has 0 unspecified atom stereocenters. The normalized spacial score (nSPS) is 12.4. The second kappa shape index (κ2) is 14.5. The van der Waals surface area contributed by atoms with Crippen LogP contribution in [0.15, 0.2) is 84.8 Å². The van der Waals surface area contributed by atoms with Gasteiger partial charge in [-0.3, -0.25) is 4.79 Å². The number of allylic oxidation sites excluding steroid dienone is 2. The molecule has 0 aliphatic rings. The summed E-state index contributed by atoms with van der Waals surface area (Å²) in [5.74, 6) is 7.85. The van der Waals surface area contributed by atoms with Crippen molar-refractivity contribution in [2.24, 2.45) is 10.8 Å². The van der Waals surface area contributed by atoms with E-state index in [0.29, 0.717) is 5.92 Å². The van der Waals surface area contributed by atoms with Crippen LogP contribution in [0.1, 0.15) is 66.9 Å². The topological polar surface area (TPSA) is 50.2 Å². The predicted molar refractivity (Wildman–Crippen MR) is 183 cm³/mol. The van der Waals surface area contributed by atoms with Gasteiger partial charge in [-0.05, 0) is 0 Å². The fraction of sp³-hybridized carbons (Fsp3) is 0.368. The average molecular weight is 816 g/mol. The van der Waals surface area contributed by atoms with Crippen molar-refractivity contribution in [1.29, 1.82) is 0 Å². The molecule has 0 saturated heterocycles. The summed E-state index contributed by atoms with van der Waals surface area (Å²) < 4.78 is 1.53. The minimum Gasteiger partial charge on any atom is 0 e. The van der Waals surface area contributed by atoms with E-state index in [0.717, 1.165) is 16.6 Å². The summed E-state index contributed by atoms with van der Waals surface area (Å²) in [7, 11) is 0. The summed E-state index contributed by atoms with van der Waals surface area (Å²) in [6.45, 7) is 15.6. The predicted octanol–water partition coefficient (Wildman–Crippen LogP) is 10.1. The zero-order valence-electron chi connectivity index (χ0n) is 27.7. The molecule has 0 atom stereocenters. The van der Waals surface area contributed by atoms with Gasteiger partial charge < -0.3 is 5.11 Å². The van der Waals surface area contributed by atoms with E-state index in [1.165, 1.54) is 32.5 Å². The number of rotatable bonds is 5. The first kappa shape index (κ1) is 36.7. The van der Waals surface area contributed by atoms with Gasteiger partial charge in [0.2, 0.25) is 0 Å². The second-order valence-corrected chi connectivity index (χ2v) is 25.1. The van der Waals surface area contributed by atoms with Gasteiger partial charge in [-0.1, -0.05) is 47.6 Å². The summed E-state index contributed by atoms with van der Waals surface area (Å²) in [6, 6.07) is 27.8. The summed E-state index contributed by atoms with van der Waals surface area (Å²) in [5, 5.41) is 12.0. The summed E-state index contributed by atoms with van der Waals surface area (Å²) in [4.78, 5) is 16.2. The number of carbonyl (C=O) groups excluding carboxylic acids is 1. The van der Waals surface area contributed by atoms with Crippen LogP contribution in [-0.2, 0) is 24.9 Å². The Morgan fingerprint density at radius 3 is 2.00 bits per heavy atom. The number of benzene rings is 3. The Kier molecular flexibility index (Phi) is 12.4. The van der Waals surface area contributed by atoms with Crippen molar-refractivity contribution in [1.82, 2.24) is 4.98 Å². The molecule has 43 heavy (non-hydrogen) atoms. The quantitative estimate of drug-likeness (QED) is 0.0945. The van der Waals surface area contributed by atoms with Gasteiger partial charge >= 0.3 is 171 Å². The smallest absolute Gasteiger partial charge is 0 e. The molecule has 1 radical (unpaired) electrons. The third kappa shape index (κ3) is 9.99. The maximum absolute atomic E-state index is 11.5. The molecule has 0 bridgehead atoms. The van der Waals surface area contributed by atoms with Crippen molar-refractivity contribution in [3.63, 3.8) is 0 Å². The van der Waals surface area contributed by atoms with Crippen molar-refractivity contribution < 1.29 is 30.0 Å². The van der Waals surface area contributed by atoms with Gasteiger partial charge in [0.25, 0.3) is 0 Å². The first-order chi connectivity index (χ1) is 19.4. The molecule has 0 amide bonds. The molecule has 0 saturated carbocycles. The molecule has 1 heterocycles. The van der Waals surface area contributed by atoms with Crippen LogP contribution in [0.5, 0.6) is 0 Å². The molecule has 231 valence electrons. The largest absolute Gasteiger partial charge is 0 e. The van der Waals surface area contributed by atoms with E-state index in [4.69, 9.17) is 0 Å². The van der Waals surface area contributed by atoms with Crippen molar-refractivity contribution in [3.05, 3.63) is 96.4 Å².